The van der Waals surface area contributed by atoms with E-state index in [1.807, 2.05) is 4.89 Å². The molecule has 0 fully saturated rings. The lowest BCUT2D eigenvalue weighted by Gasteiger charge is -2.18. The summed E-state index contributed by atoms with van der Waals surface area (Å²) in [5, 5.41) is -0.0609. The third-order valence-corrected chi connectivity index (χ3v) is 2.48. The van der Waals surface area contributed by atoms with Gasteiger partial charge in [-0.25, -0.2) is 13.4 Å². The first-order valence-corrected chi connectivity index (χ1v) is 5.87. The Labute approximate surface area is 89.3 Å². The summed E-state index contributed by atoms with van der Waals surface area (Å²) in [7, 11) is -1.99. The van der Waals surface area contributed by atoms with Crippen molar-refractivity contribution in [3.63, 3.8) is 0 Å². The molecule has 1 aromatic rings. The number of sulfonamides is 1. The Morgan fingerprint density at radius 2 is 2.07 bits per heavy atom. The van der Waals surface area contributed by atoms with E-state index in [1.165, 1.54) is 12.5 Å². The van der Waals surface area contributed by atoms with Gasteiger partial charge in [-0.2, -0.15) is 0 Å². The van der Waals surface area contributed by atoms with Gasteiger partial charge in [-0.1, -0.05) is 4.89 Å². The van der Waals surface area contributed by atoms with Crippen LogP contribution >= 0.6 is 0 Å². The van der Waals surface area contributed by atoms with Gasteiger partial charge in [0.2, 0.25) is 0 Å². The first-order valence-electron chi connectivity index (χ1n) is 4.38. The van der Waals surface area contributed by atoms with Crippen LogP contribution in [0.4, 0.5) is 0 Å². The first kappa shape index (κ1) is 12.2. The zero-order chi connectivity index (χ0) is 11.7. The smallest absolute Gasteiger partial charge is 0.281 e. The molecule has 1 N–H and O–H groups in total. The van der Waals surface area contributed by atoms with Crippen LogP contribution in [0.15, 0.2) is 17.6 Å². The van der Waals surface area contributed by atoms with E-state index in [0.29, 0.717) is 0 Å². The average Bonchev–Trinajstić information content (AvgIpc) is 2.48. The highest BCUT2D eigenvalue weighted by molar-refractivity contribution is 7.89. The molecule has 0 unspecified atom stereocenters. The maximum Gasteiger partial charge on any atom is 0.281 e. The van der Waals surface area contributed by atoms with E-state index in [1.54, 1.807) is 32.4 Å². The molecule has 0 aliphatic carbocycles. The fourth-order valence-corrected chi connectivity index (χ4v) is 1.69. The molecule has 0 spiro atoms. The van der Waals surface area contributed by atoms with Crippen LogP contribution in [0, 0.1) is 0 Å². The second-order valence-electron chi connectivity index (χ2n) is 4.18. The molecule has 0 aliphatic heterocycles. The Bertz CT molecular complexity index is 430. The van der Waals surface area contributed by atoms with Crippen molar-refractivity contribution in [1.29, 1.82) is 0 Å². The van der Waals surface area contributed by atoms with Gasteiger partial charge in [-0.3, -0.25) is 4.84 Å². The molecular weight excluding hydrogens is 218 g/mol. The van der Waals surface area contributed by atoms with E-state index >= 15 is 0 Å². The number of nitrogens with one attached hydrogen (secondary N) is 1. The number of aryl methyl sites for hydroxylation is 1. The molecule has 0 amide bonds. The topological polar surface area (TPSA) is 73.2 Å². The molecule has 0 atom stereocenters. The van der Waals surface area contributed by atoms with E-state index in [4.69, 9.17) is 4.84 Å². The van der Waals surface area contributed by atoms with E-state index in [0.717, 1.165) is 0 Å². The number of imidazole rings is 1. The van der Waals surface area contributed by atoms with E-state index in [-0.39, 0.29) is 5.03 Å². The zero-order valence-electron chi connectivity index (χ0n) is 9.18. The molecule has 1 rings (SSSR count). The average molecular weight is 233 g/mol. The Hall–Kier alpha value is -0.920. The van der Waals surface area contributed by atoms with Crippen LogP contribution in [0.3, 0.4) is 0 Å². The summed E-state index contributed by atoms with van der Waals surface area (Å²) >= 11 is 0. The zero-order valence-corrected chi connectivity index (χ0v) is 10.00. The van der Waals surface area contributed by atoms with Crippen molar-refractivity contribution in [2.24, 2.45) is 7.05 Å². The first-order chi connectivity index (χ1) is 6.71. The van der Waals surface area contributed by atoms with Gasteiger partial charge in [-0.05, 0) is 20.8 Å². The summed E-state index contributed by atoms with van der Waals surface area (Å²) in [5.74, 6) is 0. The molecule has 0 saturated carbocycles. The van der Waals surface area contributed by atoms with Gasteiger partial charge in [0.05, 0.1) is 11.9 Å². The fourth-order valence-electron chi connectivity index (χ4n) is 0.750. The highest BCUT2D eigenvalue weighted by Crippen LogP contribution is 2.08. The molecule has 86 valence electrons. The summed E-state index contributed by atoms with van der Waals surface area (Å²) < 4.78 is 24.7. The molecule has 7 heteroatoms. The monoisotopic (exact) mass is 233 g/mol. The lowest BCUT2D eigenvalue weighted by atomic mass is 10.2. The van der Waals surface area contributed by atoms with Gasteiger partial charge in [0, 0.05) is 13.2 Å². The van der Waals surface area contributed by atoms with Crippen molar-refractivity contribution in [1.82, 2.24) is 14.4 Å². The van der Waals surface area contributed by atoms with Gasteiger partial charge in [0.1, 0.15) is 0 Å². The molecule has 0 aromatic carbocycles. The Balaban J connectivity index is 2.77. The lowest BCUT2D eigenvalue weighted by Crippen LogP contribution is -2.33. The van der Waals surface area contributed by atoms with Crippen molar-refractivity contribution in [2.45, 2.75) is 31.4 Å². The SMILES string of the molecule is Cn1cnc(S(=O)(=O)NOC(C)(C)C)c1. The highest BCUT2D eigenvalue weighted by atomic mass is 32.2. The molecule has 0 radical (unpaired) electrons. The maximum absolute atomic E-state index is 11.6. The van der Waals surface area contributed by atoms with E-state index in [2.05, 4.69) is 4.98 Å². The fraction of sp³-hybridized carbons (Fsp3) is 0.625. The largest absolute Gasteiger partial charge is 0.339 e. The predicted octanol–water partition coefficient (Wildman–Crippen LogP) is 0.428. The summed E-state index contributed by atoms with van der Waals surface area (Å²) in [6.07, 6.45) is 2.81. The van der Waals surface area contributed by atoms with Crippen LogP contribution in [0.1, 0.15) is 20.8 Å². The Morgan fingerprint density at radius 3 is 2.47 bits per heavy atom. The summed E-state index contributed by atoms with van der Waals surface area (Å²) in [4.78, 5) is 10.7. The molecule has 1 heterocycles. The minimum atomic E-state index is -3.68. The van der Waals surface area contributed by atoms with Gasteiger partial charge in [0.15, 0.2) is 5.03 Å². The van der Waals surface area contributed by atoms with Crippen LogP contribution < -0.4 is 4.89 Å². The van der Waals surface area contributed by atoms with E-state index < -0.39 is 15.6 Å². The molecule has 15 heavy (non-hydrogen) atoms. The van der Waals surface area contributed by atoms with Crippen molar-refractivity contribution in [3.05, 3.63) is 12.5 Å². The van der Waals surface area contributed by atoms with Crippen molar-refractivity contribution >= 4 is 10.0 Å². The normalized spacial score (nSPS) is 13.1. The van der Waals surface area contributed by atoms with Gasteiger partial charge >= 0.3 is 0 Å². The summed E-state index contributed by atoms with van der Waals surface area (Å²) in [5.41, 5.74) is -0.581. The Kier molecular flexibility index (Phi) is 3.17. The summed E-state index contributed by atoms with van der Waals surface area (Å²) in [6, 6.07) is 0. The van der Waals surface area contributed by atoms with Crippen molar-refractivity contribution in [2.75, 3.05) is 0 Å². The minimum Gasteiger partial charge on any atom is -0.339 e. The lowest BCUT2D eigenvalue weighted by molar-refractivity contribution is -0.0358. The highest BCUT2D eigenvalue weighted by Gasteiger charge is 2.20. The minimum absolute atomic E-state index is 0.0609. The summed E-state index contributed by atoms with van der Waals surface area (Å²) in [6.45, 7) is 5.23. The van der Waals surface area contributed by atoms with Crippen LogP contribution in [-0.4, -0.2) is 23.6 Å². The van der Waals surface area contributed by atoms with Gasteiger partial charge in [-0.15, -0.1) is 0 Å². The second-order valence-corrected chi connectivity index (χ2v) is 5.77. The van der Waals surface area contributed by atoms with Crippen molar-refractivity contribution in [3.8, 4) is 0 Å². The molecule has 1 aromatic heterocycles. The number of aromatic nitrogens is 2. The van der Waals surface area contributed by atoms with Crippen LogP contribution in [0.25, 0.3) is 0 Å². The third-order valence-electron chi connectivity index (χ3n) is 1.41. The molecule has 0 bridgehead atoms. The number of rotatable bonds is 3. The third kappa shape index (κ3) is 3.61. The molecule has 0 aliphatic rings. The standard InChI is InChI=1S/C8H15N3O3S/c1-8(2,3)14-10-15(12,13)7-5-11(4)6-9-7/h5-6,10H,1-4H3. The molecular formula is C8H15N3O3S. The number of hydrogen-bond donors (Lipinski definition) is 1. The van der Waals surface area contributed by atoms with Crippen LogP contribution in [0.2, 0.25) is 0 Å². The van der Waals surface area contributed by atoms with Gasteiger partial charge < -0.3 is 4.57 Å². The van der Waals surface area contributed by atoms with Gasteiger partial charge in [0.25, 0.3) is 10.0 Å². The number of nitrogens with zero attached hydrogens (tertiary/aromatic N) is 2. The maximum atomic E-state index is 11.6. The van der Waals surface area contributed by atoms with Crippen LogP contribution in [-0.2, 0) is 21.9 Å². The van der Waals surface area contributed by atoms with Crippen LogP contribution in [0.5, 0.6) is 0 Å². The van der Waals surface area contributed by atoms with Crippen molar-refractivity contribution < 1.29 is 13.3 Å². The predicted molar refractivity (Wildman–Crippen MR) is 54.4 cm³/mol. The number of hydrogen-bond acceptors (Lipinski definition) is 4. The molecule has 0 saturated heterocycles. The van der Waals surface area contributed by atoms with E-state index in [9.17, 15) is 8.42 Å². The Morgan fingerprint density at radius 1 is 1.47 bits per heavy atom. The molecule has 6 nitrogen and oxygen atoms in total. The second kappa shape index (κ2) is 3.92. The quantitative estimate of drug-likeness (QED) is 0.768.